The third-order valence-corrected chi connectivity index (χ3v) is 3.44. The topological polar surface area (TPSA) is 60.8 Å². The van der Waals surface area contributed by atoms with Gasteiger partial charge in [-0.1, -0.05) is 12.1 Å². The van der Waals surface area contributed by atoms with Crippen LogP contribution in [0.1, 0.15) is 31.7 Å². The molecule has 0 aliphatic rings. The van der Waals surface area contributed by atoms with Gasteiger partial charge in [0.1, 0.15) is 5.75 Å². The number of nitrogens with zero attached hydrogens (tertiary/aromatic N) is 1. The number of hydrogen-bond acceptors (Lipinski definition) is 3. The van der Waals surface area contributed by atoms with Crippen LogP contribution in [0.15, 0.2) is 24.3 Å². The number of aromatic hydroxyl groups is 1. The predicted octanol–water partition coefficient (Wildman–Crippen LogP) is 2.51. The number of phenols is 1. The summed E-state index contributed by atoms with van der Waals surface area (Å²) in [6.07, 6.45) is 2.91. The molecule has 1 rings (SSSR count). The van der Waals surface area contributed by atoms with Crippen molar-refractivity contribution in [1.82, 2.24) is 4.90 Å². The molecule has 19 heavy (non-hydrogen) atoms. The fourth-order valence-electron chi connectivity index (χ4n) is 1.96. The Balaban J connectivity index is 2.27. The summed E-state index contributed by atoms with van der Waals surface area (Å²) in [5.41, 5.74) is 1.21. The van der Waals surface area contributed by atoms with Gasteiger partial charge in [0.2, 0.25) is 0 Å². The number of aliphatic carboxylic acids is 1. The van der Waals surface area contributed by atoms with Crippen LogP contribution in [-0.4, -0.2) is 40.7 Å². The summed E-state index contributed by atoms with van der Waals surface area (Å²) in [6, 6.07) is 7.70. The number of rotatable bonds is 8. The first kappa shape index (κ1) is 15.5. The van der Waals surface area contributed by atoms with Gasteiger partial charge in [-0.3, -0.25) is 4.79 Å². The Morgan fingerprint density at radius 2 is 1.95 bits per heavy atom. The van der Waals surface area contributed by atoms with Crippen molar-refractivity contribution < 1.29 is 15.0 Å². The molecule has 4 heteroatoms. The summed E-state index contributed by atoms with van der Waals surface area (Å²) in [5, 5.41) is 17.8. The standard InChI is InChI=1S/C15H23NO3/c1-12(16(2)11-3-4-15(18)19)5-6-13-7-9-14(17)10-8-13/h7-10,12,17H,3-6,11H2,1-2H3,(H,18,19). The Bertz CT molecular complexity index is 389. The number of aryl methyl sites for hydroxylation is 1. The fourth-order valence-corrected chi connectivity index (χ4v) is 1.96. The Labute approximate surface area is 114 Å². The number of phenolic OH excluding ortho intramolecular Hbond substituents is 1. The van der Waals surface area contributed by atoms with E-state index in [1.807, 2.05) is 19.2 Å². The summed E-state index contributed by atoms with van der Waals surface area (Å²) >= 11 is 0. The summed E-state index contributed by atoms with van der Waals surface area (Å²) in [7, 11) is 2.03. The van der Waals surface area contributed by atoms with Crippen LogP contribution in [0.25, 0.3) is 0 Å². The summed E-state index contributed by atoms with van der Waals surface area (Å²) in [4.78, 5) is 12.6. The monoisotopic (exact) mass is 265 g/mol. The number of carboxylic acid groups (broad SMARTS) is 1. The van der Waals surface area contributed by atoms with E-state index in [9.17, 15) is 9.90 Å². The molecule has 0 aromatic heterocycles. The van der Waals surface area contributed by atoms with Crippen molar-refractivity contribution in [3.63, 3.8) is 0 Å². The van der Waals surface area contributed by atoms with E-state index >= 15 is 0 Å². The van der Waals surface area contributed by atoms with Crippen molar-refractivity contribution in [1.29, 1.82) is 0 Å². The van der Waals surface area contributed by atoms with Crippen molar-refractivity contribution in [3.8, 4) is 5.75 Å². The van der Waals surface area contributed by atoms with Gasteiger partial charge >= 0.3 is 5.97 Å². The molecule has 0 bridgehead atoms. The second-order valence-electron chi connectivity index (χ2n) is 5.03. The number of hydrogen-bond donors (Lipinski definition) is 2. The molecule has 0 fully saturated rings. The lowest BCUT2D eigenvalue weighted by molar-refractivity contribution is -0.137. The second-order valence-corrected chi connectivity index (χ2v) is 5.03. The van der Waals surface area contributed by atoms with Gasteiger partial charge in [-0.15, -0.1) is 0 Å². The lowest BCUT2D eigenvalue weighted by atomic mass is 10.1. The fraction of sp³-hybridized carbons (Fsp3) is 0.533. The molecule has 4 nitrogen and oxygen atoms in total. The minimum absolute atomic E-state index is 0.231. The van der Waals surface area contributed by atoms with Crippen molar-refractivity contribution >= 4 is 5.97 Å². The molecule has 0 saturated heterocycles. The molecule has 0 spiro atoms. The van der Waals surface area contributed by atoms with Crippen molar-refractivity contribution in [2.75, 3.05) is 13.6 Å². The third-order valence-electron chi connectivity index (χ3n) is 3.44. The molecule has 1 unspecified atom stereocenters. The van der Waals surface area contributed by atoms with Gasteiger partial charge in [0.15, 0.2) is 0 Å². The highest BCUT2D eigenvalue weighted by atomic mass is 16.4. The van der Waals surface area contributed by atoms with Crippen LogP contribution in [0, 0.1) is 0 Å². The van der Waals surface area contributed by atoms with E-state index in [0.29, 0.717) is 18.2 Å². The average molecular weight is 265 g/mol. The van der Waals surface area contributed by atoms with E-state index in [2.05, 4.69) is 11.8 Å². The Morgan fingerprint density at radius 1 is 1.32 bits per heavy atom. The zero-order valence-electron chi connectivity index (χ0n) is 11.7. The predicted molar refractivity (Wildman–Crippen MR) is 75.4 cm³/mol. The lowest BCUT2D eigenvalue weighted by Gasteiger charge is -2.24. The first-order valence-corrected chi connectivity index (χ1v) is 6.69. The molecule has 0 heterocycles. The molecule has 1 aromatic rings. The van der Waals surface area contributed by atoms with E-state index < -0.39 is 5.97 Å². The molecular formula is C15H23NO3. The third kappa shape index (κ3) is 6.25. The number of benzene rings is 1. The van der Waals surface area contributed by atoms with Crippen LogP contribution < -0.4 is 0 Å². The van der Waals surface area contributed by atoms with E-state index in [-0.39, 0.29) is 6.42 Å². The zero-order valence-corrected chi connectivity index (χ0v) is 11.7. The van der Waals surface area contributed by atoms with Gasteiger partial charge in [-0.05, 0) is 57.5 Å². The quantitative estimate of drug-likeness (QED) is 0.758. The van der Waals surface area contributed by atoms with E-state index in [1.165, 1.54) is 5.56 Å². The van der Waals surface area contributed by atoms with E-state index in [1.54, 1.807) is 12.1 Å². The molecule has 0 saturated carbocycles. The Morgan fingerprint density at radius 3 is 2.53 bits per heavy atom. The van der Waals surface area contributed by atoms with E-state index in [0.717, 1.165) is 19.4 Å². The van der Waals surface area contributed by atoms with Crippen molar-refractivity contribution in [3.05, 3.63) is 29.8 Å². The molecule has 1 aromatic carbocycles. The molecular weight excluding hydrogens is 242 g/mol. The van der Waals surface area contributed by atoms with E-state index in [4.69, 9.17) is 5.11 Å². The van der Waals surface area contributed by atoms with Crippen molar-refractivity contribution in [2.24, 2.45) is 0 Å². The average Bonchev–Trinajstić information content (AvgIpc) is 2.37. The Kier molecular flexibility index (Phi) is 6.36. The van der Waals surface area contributed by atoms with Crippen LogP contribution in [0.3, 0.4) is 0 Å². The second kappa shape index (κ2) is 7.79. The van der Waals surface area contributed by atoms with Crippen LogP contribution in [0.5, 0.6) is 5.75 Å². The molecule has 1 atom stereocenters. The summed E-state index contributed by atoms with van der Waals surface area (Å²) < 4.78 is 0. The maximum absolute atomic E-state index is 10.4. The SMILES string of the molecule is CC(CCc1ccc(O)cc1)N(C)CCCC(=O)O. The minimum atomic E-state index is -0.731. The maximum atomic E-state index is 10.4. The number of carbonyl (C=O) groups is 1. The minimum Gasteiger partial charge on any atom is -0.508 e. The molecule has 0 radical (unpaired) electrons. The highest BCUT2D eigenvalue weighted by molar-refractivity contribution is 5.66. The molecule has 0 aliphatic carbocycles. The van der Waals surface area contributed by atoms with Gasteiger partial charge in [-0.25, -0.2) is 0 Å². The smallest absolute Gasteiger partial charge is 0.303 e. The normalized spacial score (nSPS) is 12.6. The first-order valence-electron chi connectivity index (χ1n) is 6.69. The summed E-state index contributed by atoms with van der Waals surface area (Å²) in [5.74, 6) is -0.437. The number of carboxylic acids is 1. The first-order chi connectivity index (χ1) is 8.99. The van der Waals surface area contributed by atoms with Crippen LogP contribution in [0.4, 0.5) is 0 Å². The molecule has 0 aliphatic heterocycles. The summed E-state index contributed by atoms with van der Waals surface area (Å²) in [6.45, 7) is 2.96. The van der Waals surface area contributed by atoms with Gasteiger partial charge in [0.25, 0.3) is 0 Å². The van der Waals surface area contributed by atoms with Crippen LogP contribution in [0.2, 0.25) is 0 Å². The molecule has 2 N–H and O–H groups in total. The largest absolute Gasteiger partial charge is 0.508 e. The lowest BCUT2D eigenvalue weighted by Crippen LogP contribution is -2.30. The van der Waals surface area contributed by atoms with Gasteiger partial charge in [0.05, 0.1) is 0 Å². The van der Waals surface area contributed by atoms with Gasteiger partial charge in [0, 0.05) is 12.5 Å². The van der Waals surface area contributed by atoms with Crippen LogP contribution in [-0.2, 0) is 11.2 Å². The van der Waals surface area contributed by atoms with Gasteiger partial charge < -0.3 is 15.1 Å². The Hall–Kier alpha value is -1.55. The maximum Gasteiger partial charge on any atom is 0.303 e. The van der Waals surface area contributed by atoms with Crippen molar-refractivity contribution in [2.45, 2.75) is 38.6 Å². The highest BCUT2D eigenvalue weighted by Crippen LogP contribution is 2.13. The van der Waals surface area contributed by atoms with Crippen LogP contribution >= 0.6 is 0 Å². The van der Waals surface area contributed by atoms with Gasteiger partial charge in [-0.2, -0.15) is 0 Å². The molecule has 0 amide bonds. The highest BCUT2D eigenvalue weighted by Gasteiger charge is 2.09. The zero-order chi connectivity index (χ0) is 14.3. The molecule has 106 valence electrons.